The molecule has 1 aliphatic rings. The molecule has 0 radical (unpaired) electrons. The second-order valence-corrected chi connectivity index (χ2v) is 4.04. The summed E-state index contributed by atoms with van der Waals surface area (Å²) in [6.45, 7) is -0.399. The lowest BCUT2D eigenvalue weighted by molar-refractivity contribution is -0.173. The minimum absolute atomic E-state index is 0.0370. The maximum absolute atomic E-state index is 11.8. The molecule has 0 bridgehead atoms. The Morgan fingerprint density at radius 2 is 2.20 bits per heavy atom. The van der Waals surface area contributed by atoms with Crippen molar-refractivity contribution >= 4 is 12.1 Å². The fourth-order valence-electron chi connectivity index (χ4n) is 1.51. The fraction of sp³-hybridized carbons (Fsp3) is 0.667. The minimum atomic E-state index is -4.88. The number of rotatable bonds is 4. The molecule has 8 heteroatoms. The lowest BCUT2D eigenvalue weighted by atomic mass is 10.2. The number of alkyl halides is 3. The molecule has 1 saturated heterocycles. The van der Waals surface area contributed by atoms with Gasteiger partial charge in [0.15, 0.2) is 0 Å². The second-order valence-electron chi connectivity index (χ2n) is 4.04. The number of amides is 1. The van der Waals surface area contributed by atoms with Crippen molar-refractivity contribution in [3.8, 4) is 11.8 Å². The third kappa shape index (κ3) is 6.04. The highest BCUT2D eigenvalue weighted by molar-refractivity contribution is 5.81. The zero-order chi connectivity index (χ0) is 15.0. The average molecular weight is 292 g/mol. The zero-order valence-corrected chi connectivity index (χ0v) is 10.6. The predicted octanol–water partition coefficient (Wildman–Crippen LogP) is 0.627. The lowest BCUT2D eigenvalue weighted by Crippen LogP contribution is -2.36. The normalized spacial score (nSPS) is 22.6. The van der Waals surface area contributed by atoms with Crippen LogP contribution in [0, 0.1) is 11.8 Å². The van der Waals surface area contributed by atoms with Crippen LogP contribution in [0.3, 0.4) is 0 Å². The summed E-state index contributed by atoms with van der Waals surface area (Å²) in [6, 6.07) is 0. The van der Waals surface area contributed by atoms with Crippen LogP contribution in [0.4, 0.5) is 13.2 Å². The maximum atomic E-state index is 11.8. The number of aliphatic hydroxyl groups excluding tert-OH is 1. The topological polar surface area (TPSA) is 70.9 Å². The molecule has 20 heavy (non-hydrogen) atoms. The van der Waals surface area contributed by atoms with E-state index < -0.39 is 12.1 Å². The lowest BCUT2D eigenvalue weighted by Gasteiger charge is -2.06. The molecule has 0 aromatic carbocycles. The highest BCUT2D eigenvalue weighted by atomic mass is 19.4. The first-order valence-corrected chi connectivity index (χ1v) is 6.02. The van der Waals surface area contributed by atoms with Gasteiger partial charge < -0.3 is 15.2 Å². The quantitative estimate of drug-likeness (QED) is 0.589. The number of halogens is 3. The van der Waals surface area contributed by atoms with Gasteiger partial charge in [-0.05, 0) is 12.8 Å². The number of carbonyl (C=O) groups is 1. The summed E-state index contributed by atoms with van der Waals surface area (Å²) in [5, 5.41) is 10.5. The molecule has 0 aromatic heterocycles. The number of carbonyl (C=O) groups excluding carboxylic acids is 1. The van der Waals surface area contributed by atoms with E-state index in [-0.39, 0.29) is 31.9 Å². The van der Waals surface area contributed by atoms with Crippen LogP contribution in [0.25, 0.3) is 0 Å². The number of aliphatic hydroxyl groups is 1. The molecule has 1 rings (SSSR count). The molecule has 0 unspecified atom stereocenters. The summed E-state index contributed by atoms with van der Waals surface area (Å²) in [4.78, 5) is 14.5. The Morgan fingerprint density at radius 3 is 2.80 bits per heavy atom. The average Bonchev–Trinajstić information content (AvgIpc) is 2.84. The molecule has 0 aliphatic carbocycles. The summed E-state index contributed by atoms with van der Waals surface area (Å²) in [5.74, 6) is 2.93. The molecular weight excluding hydrogens is 277 g/mol. The van der Waals surface area contributed by atoms with E-state index in [1.165, 1.54) is 6.21 Å². The van der Waals surface area contributed by atoms with Gasteiger partial charge >= 0.3 is 12.1 Å². The second kappa shape index (κ2) is 7.87. The van der Waals surface area contributed by atoms with Crippen LogP contribution in [-0.4, -0.2) is 48.9 Å². The third-order valence-corrected chi connectivity index (χ3v) is 2.47. The Balaban J connectivity index is 2.16. The first-order chi connectivity index (χ1) is 9.43. The van der Waals surface area contributed by atoms with Gasteiger partial charge in [0.2, 0.25) is 0 Å². The van der Waals surface area contributed by atoms with Crippen molar-refractivity contribution in [3.05, 3.63) is 0 Å². The van der Waals surface area contributed by atoms with Gasteiger partial charge in [-0.2, -0.15) is 13.2 Å². The first kappa shape index (κ1) is 16.5. The number of hydrogen-bond donors (Lipinski definition) is 2. The number of ether oxygens (including phenoxy) is 1. The summed E-state index contributed by atoms with van der Waals surface area (Å²) in [6.07, 6.45) is -2.13. The van der Waals surface area contributed by atoms with Crippen molar-refractivity contribution in [3.63, 3.8) is 0 Å². The summed E-state index contributed by atoms with van der Waals surface area (Å²) in [5.41, 5.74) is 0. The van der Waals surface area contributed by atoms with E-state index in [1.807, 2.05) is 0 Å². The molecule has 2 N–H and O–H groups in total. The van der Waals surface area contributed by atoms with Gasteiger partial charge in [0.25, 0.3) is 0 Å². The molecule has 2 atom stereocenters. The highest BCUT2D eigenvalue weighted by Crippen LogP contribution is 2.19. The van der Waals surface area contributed by atoms with E-state index in [2.05, 4.69) is 16.8 Å². The summed E-state index contributed by atoms with van der Waals surface area (Å²) < 4.78 is 40.7. The predicted molar refractivity (Wildman–Crippen MR) is 64.9 cm³/mol. The van der Waals surface area contributed by atoms with Crippen LogP contribution >= 0.6 is 0 Å². The number of aliphatic imine (C=N–C) groups is 1. The van der Waals surface area contributed by atoms with Gasteiger partial charge in [0, 0.05) is 12.6 Å². The molecule has 1 aliphatic heterocycles. The monoisotopic (exact) mass is 292 g/mol. The minimum Gasteiger partial charge on any atom is -0.394 e. The van der Waals surface area contributed by atoms with Crippen molar-refractivity contribution in [2.24, 2.45) is 4.99 Å². The van der Waals surface area contributed by atoms with Crippen LogP contribution in [-0.2, 0) is 9.53 Å². The van der Waals surface area contributed by atoms with E-state index in [4.69, 9.17) is 9.84 Å². The largest absolute Gasteiger partial charge is 0.471 e. The maximum Gasteiger partial charge on any atom is 0.471 e. The van der Waals surface area contributed by atoms with Crippen molar-refractivity contribution < 1.29 is 27.8 Å². The van der Waals surface area contributed by atoms with Crippen molar-refractivity contribution in [2.45, 2.75) is 37.8 Å². The molecular formula is C12H15F3N2O3. The molecule has 0 saturated carbocycles. The van der Waals surface area contributed by atoms with Crippen molar-refractivity contribution in [2.75, 3.05) is 13.2 Å². The fourth-order valence-corrected chi connectivity index (χ4v) is 1.51. The molecule has 5 nitrogen and oxygen atoms in total. The molecule has 1 heterocycles. The number of hydrogen-bond acceptors (Lipinski definition) is 4. The first-order valence-electron chi connectivity index (χ1n) is 6.02. The Hall–Kier alpha value is -1.59. The molecule has 1 amide bonds. The van der Waals surface area contributed by atoms with Gasteiger partial charge in [0.1, 0.15) is 6.23 Å². The van der Waals surface area contributed by atoms with Gasteiger partial charge in [-0.15, -0.1) is 0 Å². The Bertz CT molecular complexity index is 412. The van der Waals surface area contributed by atoms with E-state index in [0.29, 0.717) is 0 Å². The zero-order valence-electron chi connectivity index (χ0n) is 10.6. The van der Waals surface area contributed by atoms with Crippen molar-refractivity contribution in [1.82, 2.24) is 5.32 Å². The van der Waals surface area contributed by atoms with Gasteiger partial charge in [-0.25, -0.2) is 0 Å². The SMILES string of the molecule is O=C(NCC#CCC=N[C@H]1CC[C@@H](CO)O1)C(F)(F)F. The van der Waals surface area contributed by atoms with Gasteiger partial charge in [0.05, 0.1) is 19.3 Å². The molecule has 112 valence electrons. The van der Waals surface area contributed by atoms with Crippen LogP contribution in [0.2, 0.25) is 0 Å². The van der Waals surface area contributed by atoms with E-state index >= 15 is 0 Å². The van der Waals surface area contributed by atoms with Gasteiger partial charge in [-0.1, -0.05) is 11.8 Å². The van der Waals surface area contributed by atoms with Crippen LogP contribution < -0.4 is 5.32 Å². The standard InChI is InChI=1S/C12H15F3N2O3/c13-12(14,15)11(19)17-7-3-1-2-6-16-10-5-4-9(8-18)20-10/h6,9-10,18H,2,4-5,7-8H2,(H,17,19)/t9-,10+/m0/s1. The third-order valence-electron chi connectivity index (χ3n) is 2.47. The Kier molecular flexibility index (Phi) is 6.48. The molecule has 0 spiro atoms. The summed E-state index contributed by atoms with van der Waals surface area (Å²) >= 11 is 0. The van der Waals surface area contributed by atoms with Crippen LogP contribution in [0.15, 0.2) is 4.99 Å². The van der Waals surface area contributed by atoms with Crippen LogP contribution in [0.1, 0.15) is 19.3 Å². The highest BCUT2D eigenvalue weighted by Gasteiger charge is 2.38. The van der Waals surface area contributed by atoms with E-state index in [1.54, 1.807) is 5.32 Å². The summed E-state index contributed by atoms with van der Waals surface area (Å²) in [7, 11) is 0. The van der Waals surface area contributed by atoms with Crippen LogP contribution in [0.5, 0.6) is 0 Å². The number of nitrogens with zero attached hydrogens (tertiary/aromatic N) is 1. The number of nitrogens with one attached hydrogen (secondary N) is 1. The van der Waals surface area contributed by atoms with Crippen molar-refractivity contribution in [1.29, 1.82) is 0 Å². The van der Waals surface area contributed by atoms with Gasteiger partial charge in [-0.3, -0.25) is 9.79 Å². The smallest absolute Gasteiger partial charge is 0.394 e. The van der Waals surface area contributed by atoms with E-state index in [9.17, 15) is 18.0 Å². The van der Waals surface area contributed by atoms with E-state index in [0.717, 1.165) is 12.8 Å². The Morgan fingerprint density at radius 1 is 1.45 bits per heavy atom. The molecule has 0 aromatic rings. The molecule has 1 fully saturated rings. The Labute approximate surface area is 114 Å².